The Balaban J connectivity index is 2.00. The van der Waals surface area contributed by atoms with Crippen LogP contribution in [-0.4, -0.2) is 24.3 Å². The van der Waals surface area contributed by atoms with Gasteiger partial charge in [-0.25, -0.2) is 9.18 Å². The molecule has 0 saturated carbocycles. The second kappa shape index (κ2) is 6.96. The van der Waals surface area contributed by atoms with Crippen LogP contribution >= 0.6 is 15.9 Å². The fraction of sp³-hybridized carbons (Fsp3) is 0.562. The standard InChI is InChI=1S/C16H22BrFN2O2/c1-16(2,3)22-15(21)20-11-6-7-19-14(9-11)12-8-10(18)4-5-13(12)17/h4-5,8,11,14,19H,6-7,9H2,1-3H3,(H,20,21). The summed E-state index contributed by atoms with van der Waals surface area (Å²) in [7, 11) is 0. The van der Waals surface area contributed by atoms with Gasteiger partial charge in [0.05, 0.1) is 0 Å². The van der Waals surface area contributed by atoms with Gasteiger partial charge in [-0.3, -0.25) is 0 Å². The summed E-state index contributed by atoms with van der Waals surface area (Å²) in [6.07, 6.45) is 1.11. The van der Waals surface area contributed by atoms with E-state index in [9.17, 15) is 9.18 Å². The van der Waals surface area contributed by atoms with Gasteiger partial charge in [-0.05, 0) is 63.9 Å². The lowest BCUT2D eigenvalue weighted by Crippen LogP contribution is -2.45. The third-order valence-electron chi connectivity index (χ3n) is 3.46. The molecule has 2 atom stereocenters. The second-order valence-corrected chi connectivity index (χ2v) is 7.39. The molecule has 2 N–H and O–H groups in total. The van der Waals surface area contributed by atoms with E-state index in [1.54, 1.807) is 6.07 Å². The first-order valence-corrected chi connectivity index (χ1v) is 8.22. The largest absolute Gasteiger partial charge is 0.444 e. The summed E-state index contributed by atoms with van der Waals surface area (Å²) in [5.41, 5.74) is 0.359. The molecular formula is C16H22BrFN2O2. The molecule has 0 bridgehead atoms. The van der Waals surface area contributed by atoms with Crippen molar-refractivity contribution in [3.05, 3.63) is 34.1 Å². The summed E-state index contributed by atoms with van der Waals surface area (Å²) >= 11 is 3.46. The van der Waals surface area contributed by atoms with Gasteiger partial charge in [0.1, 0.15) is 11.4 Å². The minimum atomic E-state index is -0.512. The SMILES string of the molecule is CC(C)(C)OC(=O)NC1CCNC(c2cc(F)ccc2Br)C1. The Morgan fingerprint density at radius 3 is 2.86 bits per heavy atom. The topological polar surface area (TPSA) is 50.4 Å². The van der Waals surface area contributed by atoms with Gasteiger partial charge >= 0.3 is 6.09 Å². The van der Waals surface area contributed by atoms with Crippen molar-refractivity contribution in [3.8, 4) is 0 Å². The molecule has 0 spiro atoms. The van der Waals surface area contributed by atoms with Gasteiger partial charge in [0.15, 0.2) is 0 Å². The van der Waals surface area contributed by atoms with E-state index in [0.29, 0.717) is 6.42 Å². The Morgan fingerprint density at radius 1 is 1.45 bits per heavy atom. The predicted octanol–water partition coefficient (Wildman–Crippen LogP) is 3.91. The Labute approximate surface area is 138 Å². The molecule has 1 saturated heterocycles. The molecule has 22 heavy (non-hydrogen) atoms. The highest BCUT2D eigenvalue weighted by Crippen LogP contribution is 2.30. The molecule has 1 heterocycles. The Kier molecular flexibility index (Phi) is 5.45. The van der Waals surface area contributed by atoms with E-state index < -0.39 is 11.7 Å². The van der Waals surface area contributed by atoms with Crippen LogP contribution in [0.5, 0.6) is 0 Å². The lowest BCUT2D eigenvalue weighted by Gasteiger charge is -2.32. The number of carbonyl (C=O) groups is 1. The average molecular weight is 373 g/mol. The zero-order valence-electron chi connectivity index (χ0n) is 13.1. The molecule has 122 valence electrons. The van der Waals surface area contributed by atoms with Crippen LogP contribution in [0.15, 0.2) is 22.7 Å². The van der Waals surface area contributed by atoms with Gasteiger partial charge in [0, 0.05) is 16.6 Å². The molecule has 0 aromatic heterocycles. The molecular weight excluding hydrogens is 351 g/mol. The highest BCUT2D eigenvalue weighted by atomic mass is 79.9. The van der Waals surface area contributed by atoms with Crippen molar-refractivity contribution in [1.82, 2.24) is 10.6 Å². The van der Waals surface area contributed by atoms with Crippen molar-refractivity contribution in [2.24, 2.45) is 0 Å². The van der Waals surface area contributed by atoms with Gasteiger partial charge in [0.2, 0.25) is 0 Å². The van der Waals surface area contributed by atoms with Crippen molar-refractivity contribution in [3.63, 3.8) is 0 Å². The van der Waals surface area contributed by atoms with E-state index in [1.165, 1.54) is 12.1 Å². The molecule has 2 unspecified atom stereocenters. The molecule has 6 heteroatoms. The minimum absolute atomic E-state index is 0.00115. The number of halogens is 2. The first kappa shape index (κ1) is 17.2. The highest BCUT2D eigenvalue weighted by Gasteiger charge is 2.27. The van der Waals surface area contributed by atoms with Crippen molar-refractivity contribution in [1.29, 1.82) is 0 Å². The van der Waals surface area contributed by atoms with E-state index >= 15 is 0 Å². The highest BCUT2D eigenvalue weighted by molar-refractivity contribution is 9.10. The number of piperidine rings is 1. The fourth-order valence-corrected chi connectivity index (χ4v) is 3.06. The number of amides is 1. The molecule has 1 fully saturated rings. The number of ether oxygens (including phenoxy) is 1. The van der Waals surface area contributed by atoms with Crippen molar-refractivity contribution in [2.75, 3.05) is 6.54 Å². The lowest BCUT2D eigenvalue weighted by molar-refractivity contribution is 0.0490. The lowest BCUT2D eigenvalue weighted by atomic mass is 9.94. The summed E-state index contributed by atoms with van der Waals surface area (Å²) in [5, 5.41) is 6.27. The molecule has 1 amide bonds. The summed E-state index contributed by atoms with van der Waals surface area (Å²) < 4.78 is 19.6. The van der Waals surface area contributed by atoms with Gasteiger partial charge in [-0.15, -0.1) is 0 Å². The number of hydrogen-bond acceptors (Lipinski definition) is 3. The van der Waals surface area contributed by atoms with Gasteiger partial charge in [-0.2, -0.15) is 0 Å². The average Bonchev–Trinajstić information content (AvgIpc) is 2.39. The van der Waals surface area contributed by atoms with Crippen LogP contribution in [-0.2, 0) is 4.74 Å². The van der Waals surface area contributed by atoms with Gasteiger partial charge in [-0.1, -0.05) is 15.9 Å². The van der Waals surface area contributed by atoms with Crippen LogP contribution in [0.4, 0.5) is 9.18 Å². The number of hydrogen-bond donors (Lipinski definition) is 2. The summed E-state index contributed by atoms with van der Waals surface area (Å²) in [6, 6.07) is 4.66. The molecule has 1 aromatic carbocycles. The molecule has 0 aliphatic carbocycles. The second-order valence-electron chi connectivity index (χ2n) is 6.54. The number of carbonyl (C=O) groups excluding carboxylic acids is 1. The molecule has 4 nitrogen and oxygen atoms in total. The molecule has 1 aromatic rings. The quantitative estimate of drug-likeness (QED) is 0.827. The maximum Gasteiger partial charge on any atom is 0.407 e. The number of alkyl carbamates (subject to hydrolysis) is 1. The maximum absolute atomic E-state index is 13.5. The number of benzene rings is 1. The maximum atomic E-state index is 13.5. The van der Waals surface area contributed by atoms with Crippen LogP contribution in [0.2, 0.25) is 0 Å². The number of rotatable bonds is 2. The van der Waals surface area contributed by atoms with Crippen LogP contribution in [0.1, 0.15) is 45.2 Å². The predicted molar refractivity (Wildman–Crippen MR) is 87.2 cm³/mol. The van der Waals surface area contributed by atoms with Crippen molar-refractivity contribution in [2.45, 2.75) is 51.3 Å². The molecule has 1 aliphatic heterocycles. The smallest absolute Gasteiger partial charge is 0.407 e. The third kappa shape index (κ3) is 4.95. The number of nitrogens with one attached hydrogen (secondary N) is 2. The minimum Gasteiger partial charge on any atom is -0.444 e. The summed E-state index contributed by atoms with van der Waals surface area (Å²) in [4.78, 5) is 11.9. The first-order chi connectivity index (χ1) is 10.2. The third-order valence-corrected chi connectivity index (χ3v) is 4.18. The summed E-state index contributed by atoms with van der Waals surface area (Å²) in [5.74, 6) is -0.262. The van der Waals surface area contributed by atoms with E-state index in [4.69, 9.17) is 4.74 Å². The van der Waals surface area contributed by atoms with Crippen LogP contribution < -0.4 is 10.6 Å². The monoisotopic (exact) mass is 372 g/mol. The van der Waals surface area contributed by atoms with Gasteiger partial charge in [0.25, 0.3) is 0 Å². The van der Waals surface area contributed by atoms with Crippen molar-refractivity contribution >= 4 is 22.0 Å². The van der Waals surface area contributed by atoms with Crippen LogP contribution in [0.3, 0.4) is 0 Å². The normalized spacial score (nSPS) is 22.2. The van der Waals surface area contributed by atoms with Crippen LogP contribution in [0.25, 0.3) is 0 Å². The zero-order valence-corrected chi connectivity index (χ0v) is 14.7. The summed E-state index contributed by atoms with van der Waals surface area (Å²) in [6.45, 7) is 6.26. The fourth-order valence-electron chi connectivity index (χ4n) is 2.54. The zero-order chi connectivity index (χ0) is 16.3. The molecule has 2 rings (SSSR count). The molecule has 0 radical (unpaired) electrons. The van der Waals surface area contributed by atoms with Gasteiger partial charge < -0.3 is 15.4 Å². The molecule has 1 aliphatic rings. The van der Waals surface area contributed by atoms with E-state index in [-0.39, 0.29) is 17.9 Å². The van der Waals surface area contributed by atoms with E-state index in [2.05, 4.69) is 26.6 Å². The Morgan fingerprint density at radius 2 is 2.18 bits per heavy atom. The first-order valence-electron chi connectivity index (χ1n) is 7.42. The van der Waals surface area contributed by atoms with E-state index in [1.807, 2.05) is 20.8 Å². The van der Waals surface area contributed by atoms with E-state index in [0.717, 1.165) is 23.0 Å². The Hall–Kier alpha value is -1.14. The van der Waals surface area contributed by atoms with Crippen LogP contribution in [0, 0.1) is 5.82 Å². The Bertz CT molecular complexity index is 545. The van der Waals surface area contributed by atoms with Crippen molar-refractivity contribution < 1.29 is 13.9 Å².